The summed E-state index contributed by atoms with van der Waals surface area (Å²) in [7, 11) is 0. The summed E-state index contributed by atoms with van der Waals surface area (Å²) in [6, 6.07) is 24.8. The van der Waals surface area contributed by atoms with Gasteiger partial charge in [-0.2, -0.15) is 0 Å². The topological polar surface area (TPSA) is 49.4 Å². The van der Waals surface area contributed by atoms with Gasteiger partial charge in [0, 0.05) is 31.0 Å². The Labute approximate surface area is 201 Å². The molecule has 0 heterocycles. The molecule has 1 atom stereocenters. The molecule has 3 aromatic rings. The fraction of sp³-hybridized carbons (Fsp3) is 0.286. The maximum absolute atomic E-state index is 13.6. The highest BCUT2D eigenvalue weighted by atomic mass is 35.5. The molecular weight excluding hydrogens is 432 g/mol. The van der Waals surface area contributed by atoms with Gasteiger partial charge in [-0.3, -0.25) is 9.59 Å². The molecule has 0 saturated carbocycles. The highest BCUT2D eigenvalue weighted by Gasteiger charge is 2.30. The first kappa shape index (κ1) is 24.5. The second-order valence-corrected chi connectivity index (χ2v) is 8.55. The van der Waals surface area contributed by atoms with Crippen LogP contribution in [0.2, 0.25) is 5.02 Å². The molecule has 0 aliphatic carbocycles. The van der Waals surface area contributed by atoms with E-state index in [9.17, 15) is 9.59 Å². The molecule has 0 bridgehead atoms. The zero-order chi connectivity index (χ0) is 23.6. The highest BCUT2D eigenvalue weighted by Crippen LogP contribution is 2.21. The SMILES string of the molecule is CCNC(=O)[C@@H](Cc1ccccc1)N(Cc1ccccc1C)C(=O)CCc1ccccc1Cl. The second kappa shape index (κ2) is 12.2. The largest absolute Gasteiger partial charge is 0.355 e. The van der Waals surface area contributed by atoms with E-state index in [0.29, 0.717) is 31.0 Å². The molecule has 0 spiro atoms. The number of hydrogen-bond acceptors (Lipinski definition) is 2. The van der Waals surface area contributed by atoms with Gasteiger partial charge in [-0.05, 0) is 48.6 Å². The van der Waals surface area contributed by atoms with Crippen LogP contribution in [0, 0.1) is 6.92 Å². The molecular formula is C28H31ClN2O2. The van der Waals surface area contributed by atoms with Crippen LogP contribution in [0.15, 0.2) is 78.9 Å². The minimum atomic E-state index is -0.606. The van der Waals surface area contributed by atoms with E-state index in [4.69, 9.17) is 11.6 Å². The molecule has 33 heavy (non-hydrogen) atoms. The predicted molar refractivity (Wildman–Crippen MR) is 134 cm³/mol. The van der Waals surface area contributed by atoms with E-state index in [2.05, 4.69) is 5.32 Å². The molecule has 5 heteroatoms. The van der Waals surface area contributed by atoms with E-state index in [-0.39, 0.29) is 18.2 Å². The van der Waals surface area contributed by atoms with Crippen LogP contribution in [0.3, 0.4) is 0 Å². The summed E-state index contributed by atoms with van der Waals surface area (Å²) in [6.07, 6.45) is 1.26. The number of nitrogens with zero attached hydrogens (tertiary/aromatic N) is 1. The average molecular weight is 463 g/mol. The summed E-state index contributed by atoms with van der Waals surface area (Å²) in [5.41, 5.74) is 4.07. The Bertz CT molecular complexity index is 1070. The molecule has 0 saturated heterocycles. The summed E-state index contributed by atoms with van der Waals surface area (Å²) < 4.78 is 0. The Morgan fingerprint density at radius 3 is 2.21 bits per heavy atom. The van der Waals surface area contributed by atoms with Gasteiger partial charge in [0.1, 0.15) is 6.04 Å². The number of amides is 2. The molecule has 0 aliphatic heterocycles. The van der Waals surface area contributed by atoms with E-state index >= 15 is 0 Å². The predicted octanol–water partition coefficient (Wildman–Crippen LogP) is 5.36. The molecule has 0 unspecified atom stereocenters. The Morgan fingerprint density at radius 2 is 1.55 bits per heavy atom. The van der Waals surface area contributed by atoms with E-state index in [0.717, 1.165) is 22.3 Å². The van der Waals surface area contributed by atoms with Crippen molar-refractivity contribution in [2.24, 2.45) is 0 Å². The maximum Gasteiger partial charge on any atom is 0.243 e. The van der Waals surface area contributed by atoms with Crippen LogP contribution >= 0.6 is 11.6 Å². The number of hydrogen-bond donors (Lipinski definition) is 1. The van der Waals surface area contributed by atoms with E-state index in [1.54, 1.807) is 4.90 Å². The average Bonchev–Trinajstić information content (AvgIpc) is 2.82. The number of rotatable bonds is 10. The Kier molecular flexibility index (Phi) is 9.08. The third-order valence-corrected chi connectivity index (χ3v) is 6.16. The normalized spacial score (nSPS) is 11.6. The van der Waals surface area contributed by atoms with Crippen LogP contribution < -0.4 is 5.32 Å². The number of likely N-dealkylation sites (N-methyl/N-ethyl adjacent to an activating group) is 1. The Hall–Kier alpha value is -3.11. The standard InChI is InChI=1S/C28H31ClN2O2/c1-3-30-28(33)26(19-22-12-5-4-6-13-22)31(20-24-15-8-7-11-21(24)2)27(32)18-17-23-14-9-10-16-25(23)29/h4-16,26H,3,17-20H2,1-2H3,(H,30,33)/t26-/m1/s1. The third-order valence-electron chi connectivity index (χ3n) is 5.79. The lowest BCUT2D eigenvalue weighted by Gasteiger charge is -2.32. The van der Waals surface area contributed by atoms with Crippen molar-refractivity contribution in [3.05, 3.63) is 106 Å². The molecule has 0 fully saturated rings. The van der Waals surface area contributed by atoms with Crippen LogP contribution in [0.1, 0.15) is 35.6 Å². The lowest BCUT2D eigenvalue weighted by molar-refractivity contribution is -0.141. The molecule has 1 N–H and O–H groups in total. The van der Waals surface area contributed by atoms with Crippen molar-refractivity contribution in [3.8, 4) is 0 Å². The minimum absolute atomic E-state index is 0.0645. The van der Waals surface area contributed by atoms with Crippen molar-refractivity contribution >= 4 is 23.4 Å². The molecule has 0 radical (unpaired) electrons. The summed E-state index contributed by atoms with van der Waals surface area (Å²) >= 11 is 6.31. The number of aryl methyl sites for hydroxylation is 2. The zero-order valence-corrected chi connectivity index (χ0v) is 20.0. The summed E-state index contributed by atoms with van der Waals surface area (Å²) in [5.74, 6) is -0.202. The zero-order valence-electron chi connectivity index (χ0n) is 19.3. The van der Waals surface area contributed by atoms with Gasteiger partial charge in [0.25, 0.3) is 0 Å². The van der Waals surface area contributed by atoms with Crippen molar-refractivity contribution in [3.63, 3.8) is 0 Å². The van der Waals surface area contributed by atoms with Crippen molar-refractivity contribution in [2.75, 3.05) is 6.54 Å². The molecule has 172 valence electrons. The van der Waals surface area contributed by atoms with Gasteiger partial charge in [0.2, 0.25) is 11.8 Å². The van der Waals surface area contributed by atoms with Crippen LogP contribution in [0.4, 0.5) is 0 Å². The van der Waals surface area contributed by atoms with Gasteiger partial charge in [-0.1, -0.05) is 84.4 Å². The number of halogens is 1. The smallest absolute Gasteiger partial charge is 0.243 e. The van der Waals surface area contributed by atoms with Gasteiger partial charge in [-0.25, -0.2) is 0 Å². The maximum atomic E-state index is 13.6. The van der Waals surface area contributed by atoms with Crippen LogP contribution in [-0.4, -0.2) is 29.3 Å². The second-order valence-electron chi connectivity index (χ2n) is 8.14. The lowest BCUT2D eigenvalue weighted by Crippen LogP contribution is -2.50. The van der Waals surface area contributed by atoms with Crippen LogP contribution in [0.25, 0.3) is 0 Å². The van der Waals surface area contributed by atoms with Gasteiger partial charge < -0.3 is 10.2 Å². The summed E-state index contributed by atoms with van der Waals surface area (Å²) in [5, 5.41) is 3.58. The van der Waals surface area contributed by atoms with Gasteiger partial charge >= 0.3 is 0 Å². The van der Waals surface area contributed by atoms with Crippen molar-refractivity contribution in [1.29, 1.82) is 0 Å². The minimum Gasteiger partial charge on any atom is -0.355 e. The molecule has 4 nitrogen and oxygen atoms in total. The van der Waals surface area contributed by atoms with Crippen LogP contribution in [-0.2, 0) is 29.0 Å². The monoisotopic (exact) mass is 462 g/mol. The Morgan fingerprint density at radius 1 is 0.909 bits per heavy atom. The van der Waals surface area contributed by atoms with E-state index in [1.165, 1.54) is 0 Å². The molecule has 3 aromatic carbocycles. The molecule has 0 aromatic heterocycles. The highest BCUT2D eigenvalue weighted by molar-refractivity contribution is 6.31. The molecule has 0 aliphatic rings. The van der Waals surface area contributed by atoms with E-state index < -0.39 is 6.04 Å². The number of nitrogens with one attached hydrogen (secondary N) is 1. The summed E-state index contributed by atoms with van der Waals surface area (Å²) in [4.78, 5) is 28.5. The summed E-state index contributed by atoms with van der Waals surface area (Å²) in [6.45, 7) is 4.81. The fourth-order valence-electron chi connectivity index (χ4n) is 3.90. The van der Waals surface area contributed by atoms with Crippen molar-refractivity contribution in [1.82, 2.24) is 10.2 Å². The number of carbonyl (C=O) groups excluding carboxylic acids is 2. The van der Waals surface area contributed by atoms with Crippen molar-refractivity contribution in [2.45, 2.75) is 45.7 Å². The first-order chi connectivity index (χ1) is 16.0. The van der Waals surface area contributed by atoms with E-state index in [1.807, 2.05) is 92.7 Å². The number of carbonyl (C=O) groups is 2. The van der Waals surface area contributed by atoms with Gasteiger partial charge in [0.05, 0.1) is 0 Å². The van der Waals surface area contributed by atoms with Crippen LogP contribution in [0.5, 0.6) is 0 Å². The lowest BCUT2D eigenvalue weighted by atomic mass is 10.0. The first-order valence-corrected chi connectivity index (χ1v) is 11.8. The third kappa shape index (κ3) is 6.93. The molecule has 2 amide bonds. The van der Waals surface area contributed by atoms with Crippen molar-refractivity contribution < 1.29 is 9.59 Å². The Balaban J connectivity index is 1.91. The van der Waals surface area contributed by atoms with Gasteiger partial charge in [0.15, 0.2) is 0 Å². The number of benzene rings is 3. The first-order valence-electron chi connectivity index (χ1n) is 11.4. The quantitative estimate of drug-likeness (QED) is 0.441. The molecule has 3 rings (SSSR count). The fourth-order valence-corrected chi connectivity index (χ4v) is 4.13. The van der Waals surface area contributed by atoms with Gasteiger partial charge in [-0.15, -0.1) is 0 Å².